The van der Waals surface area contributed by atoms with Crippen molar-refractivity contribution in [3.05, 3.63) is 18.2 Å². The number of nitrogens with two attached hydrogens (primary N) is 1. The minimum Gasteiger partial charge on any atom is -0.396 e. The molecule has 2 rings (SSSR count). The van der Waals surface area contributed by atoms with Crippen molar-refractivity contribution in [2.45, 2.75) is 4.90 Å². The van der Waals surface area contributed by atoms with Crippen molar-refractivity contribution in [1.29, 1.82) is 0 Å². The first-order valence-corrected chi connectivity index (χ1v) is 7.65. The van der Waals surface area contributed by atoms with Gasteiger partial charge in [-0.3, -0.25) is 0 Å². The third-order valence-electron chi connectivity index (χ3n) is 3.26. The van der Waals surface area contributed by atoms with Gasteiger partial charge in [-0.2, -0.15) is 0 Å². The molecule has 0 amide bonds. The Bertz CT molecular complexity index is 551. The number of anilines is 2. The van der Waals surface area contributed by atoms with Crippen molar-refractivity contribution in [3.63, 3.8) is 0 Å². The second-order valence-corrected chi connectivity index (χ2v) is 6.83. The summed E-state index contributed by atoms with van der Waals surface area (Å²) in [6, 6.07) is 5.16. The Hall–Kier alpha value is -1.31. The van der Waals surface area contributed by atoms with Crippen molar-refractivity contribution in [3.8, 4) is 0 Å². The molecule has 1 aliphatic heterocycles. The molecule has 0 aromatic heterocycles. The van der Waals surface area contributed by atoms with Gasteiger partial charge in [0, 0.05) is 40.3 Å². The largest absolute Gasteiger partial charge is 0.396 e. The van der Waals surface area contributed by atoms with Crippen molar-refractivity contribution < 1.29 is 8.42 Å². The van der Waals surface area contributed by atoms with Crippen LogP contribution in [0.25, 0.3) is 0 Å². The summed E-state index contributed by atoms with van der Waals surface area (Å²) in [5, 5.41) is 3.26. The van der Waals surface area contributed by atoms with Crippen molar-refractivity contribution >= 4 is 21.4 Å². The molecular weight excluding hydrogens is 264 g/mol. The average Bonchev–Trinajstić information content (AvgIpc) is 2.39. The molecule has 106 valence electrons. The van der Waals surface area contributed by atoms with Gasteiger partial charge in [0.05, 0.1) is 11.4 Å². The van der Waals surface area contributed by atoms with Gasteiger partial charge in [0.25, 0.3) is 0 Å². The number of benzene rings is 1. The fourth-order valence-corrected chi connectivity index (χ4v) is 3.16. The highest BCUT2D eigenvalue weighted by Gasteiger charge is 2.23. The number of nitrogen functional groups attached to an aromatic ring is 1. The van der Waals surface area contributed by atoms with E-state index < -0.39 is 10.0 Å². The molecule has 0 unspecified atom stereocenters. The molecule has 0 saturated carbocycles. The topological polar surface area (TPSA) is 78.7 Å². The van der Waals surface area contributed by atoms with Crippen LogP contribution in [-0.2, 0) is 10.0 Å². The van der Waals surface area contributed by atoms with Crippen LogP contribution in [0.4, 0.5) is 11.4 Å². The van der Waals surface area contributed by atoms with Gasteiger partial charge in [-0.1, -0.05) is 6.07 Å². The summed E-state index contributed by atoms with van der Waals surface area (Å²) >= 11 is 0. The molecule has 1 aliphatic rings. The molecule has 0 bridgehead atoms. The van der Waals surface area contributed by atoms with Crippen molar-refractivity contribution in [2.75, 3.05) is 50.9 Å². The van der Waals surface area contributed by atoms with E-state index in [1.54, 1.807) is 12.1 Å². The van der Waals surface area contributed by atoms with E-state index >= 15 is 0 Å². The molecule has 1 aromatic rings. The summed E-state index contributed by atoms with van der Waals surface area (Å²) in [7, 11) is -0.490. The molecule has 19 heavy (non-hydrogen) atoms. The van der Waals surface area contributed by atoms with Gasteiger partial charge in [-0.05, 0) is 12.1 Å². The Morgan fingerprint density at radius 1 is 1.26 bits per heavy atom. The quantitative estimate of drug-likeness (QED) is 0.760. The third-order valence-corrected chi connectivity index (χ3v) is 5.13. The van der Waals surface area contributed by atoms with Gasteiger partial charge >= 0.3 is 0 Å². The molecule has 0 radical (unpaired) electrons. The normalized spacial score (nSPS) is 16.9. The lowest BCUT2D eigenvalue weighted by Gasteiger charge is -2.31. The van der Waals surface area contributed by atoms with Crippen molar-refractivity contribution in [2.24, 2.45) is 0 Å². The first kappa shape index (κ1) is 14.1. The van der Waals surface area contributed by atoms with E-state index in [1.165, 1.54) is 18.4 Å². The fraction of sp³-hybridized carbons (Fsp3) is 0.500. The van der Waals surface area contributed by atoms with Crippen LogP contribution in [0, 0.1) is 0 Å². The SMILES string of the molecule is CN(C)S(=O)(=O)c1cccc(N2CCNCC2)c1N. The Morgan fingerprint density at radius 3 is 2.47 bits per heavy atom. The zero-order chi connectivity index (χ0) is 14.0. The number of nitrogens with zero attached hydrogens (tertiary/aromatic N) is 2. The van der Waals surface area contributed by atoms with E-state index in [4.69, 9.17) is 5.73 Å². The van der Waals surface area contributed by atoms with Crippen LogP contribution < -0.4 is 16.0 Å². The zero-order valence-corrected chi connectivity index (χ0v) is 12.1. The number of piperazine rings is 1. The van der Waals surface area contributed by atoms with Gasteiger partial charge in [0.1, 0.15) is 4.90 Å². The number of hydrogen-bond acceptors (Lipinski definition) is 5. The predicted octanol–water partition coefficient (Wildman–Crippen LogP) is -0.0713. The highest BCUT2D eigenvalue weighted by atomic mass is 32.2. The summed E-state index contributed by atoms with van der Waals surface area (Å²) in [5.74, 6) is 0. The number of nitrogens with one attached hydrogen (secondary N) is 1. The van der Waals surface area contributed by atoms with E-state index in [2.05, 4.69) is 10.2 Å². The lowest BCUT2D eigenvalue weighted by atomic mass is 10.2. The molecule has 6 nitrogen and oxygen atoms in total. The highest BCUT2D eigenvalue weighted by molar-refractivity contribution is 7.89. The minimum absolute atomic E-state index is 0.175. The van der Waals surface area contributed by atoms with Gasteiger partial charge in [0.15, 0.2) is 0 Å². The van der Waals surface area contributed by atoms with E-state index in [0.29, 0.717) is 5.69 Å². The summed E-state index contributed by atoms with van der Waals surface area (Å²) in [6.07, 6.45) is 0. The maximum atomic E-state index is 12.2. The number of hydrogen-bond donors (Lipinski definition) is 2. The maximum absolute atomic E-state index is 12.2. The van der Waals surface area contributed by atoms with Crippen LogP contribution in [0.15, 0.2) is 23.1 Å². The van der Waals surface area contributed by atoms with Crippen LogP contribution in [-0.4, -0.2) is 53.0 Å². The molecule has 3 N–H and O–H groups in total. The van der Waals surface area contributed by atoms with E-state index in [9.17, 15) is 8.42 Å². The predicted molar refractivity (Wildman–Crippen MR) is 76.8 cm³/mol. The second-order valence-electron chi connectivity index (χ2n) is 4.71. The molecule has 0 atom stereocenters. The molecule has 1 saturated heterocycles. The summed E-state index contributed by atoms with van der Waals surface area (Å²) in [5.41, 5.74) is 7.20. The molecular formula is C12H20N4O2S. The van der Waals surface area contributed by atoms with Crippen LogP contribution in [0.3, 0.4) is 0 Å². The Balaban J connectivity index is 2.43. The second kappa shape index (κ2) is 5.36. The van der Waals surface area contributed by atoms with E-state index in [-0.39, 0.29) is 4.90 Å². The molecule has 0 aliphatic carbocycles. The molecule has 0 spiro atoms. The Labute approximate surface area is 114 Å². The van der Waals surface area contributed by atoms with Crippen LogP contribution in [0.5, 0.6) is 0 Å². The summed E-state index contributed by atoms with van der Waals surface area (Å²) < 4.78 is 25.6. The molecule has 1 heterocycles. The fourth-order valence-electron chi connectivity index (χ4n) is 2.14. The molecule has 1 aromatic carbocycles. The smallest absolute Gasteiger partial charge is 0.244 e. The zero-order valence-electron chi connectivity index (χ0n) is 11.3. The maximum Gasteiger partial charge on any atom is 0.244 e. The number of rotatable bonds is 3. The van der Waals surface area contributed by atoms with Gasteiger partial charge < -0.3 is 16.0 Å². The van der Waals surface area contributed by atoms with E-state index in [1.807, 2.05) is 6.07 Å². The monoisotopic (exact) mass is 284 g/mol. The molecule has 7 heteroatoms. The highest BCUT2D eigenvalue weighted by Crippen LogP contribution is 2.31. The standard InChI is InChI=1S/C12H20N4O2S/c1-15(2)19(17,18)11-5-3-4-10(12(11)13)16-8-6-14-7-9-16/h3-5,14H,6-9,13H2,1-2H3. The van der Waals surface area contributed by atoms with Gasteiger partial charge in [0.2, 0.25) is 10.0 Å². The minimum atomic E-state index is -3.50. The number of sulfonamides is 1. The Morgan fingerprint density at radius 2 is 1.89 bits per heavy atom. The summed E-state index contributed by atoms with van der Waals surface area (Å²) in [6.45, 7) is 3.42. The van der Waals surface area contributed by atoms with Crippen LogP contribution in [0.1, 0.15) is 0 Å². The lowest BCUT2D eigenvalue weighted by Crippen LogP contribution is -2.43. The first-order chi connectivity index (χ1) is 8.94. The first-order valence-electron chi connectivity index (χ1n) is 6.21. The van der Waals surface area contributed by atoms with Gasteiger partial charge in [-0.15, -0.1) is 0 Å². The lowest BCUT2D eigenvalue weighted by molar-refractivity contribution is 0.521. The van der Waals surface area contributed by atoms with Crippen molar-refractivity contribution in [1.82, 2.24) is 9.62 Å². The Kier molecular flexibility index (Phi) is 3.98. The number of para-hydroxylation sites is 1. The average molecular weight is 284 g/mol. The van der Waals surface area contributed by atoms with E-state index in [0.717, 1.165) is 31.9 Å². The summed E-state index contributed by atoms with van der Waals surface area (Å²) in [4.78, 5) is 2.29. The van der Waals surface area contributed by atoms with Crippen LogP contribution in [0.2, 0.25) is 0 Å². The van der Waals surface area contributed by atoms with Gasteiger partial charge in [-0.25, -0.2) is 12.7 Å². The third kappa shape index (κ3) is 2.68. The van der Waals surface area contributed by atoms with Crippen LogP contribution >= 0.6 is 0 Å². The molecule has 1 fully saturated rings.